The Hall–Kier alpha value is -4.16. The first kappa shape index (κ1) is 25.9. The number of piperazine rings is 1. The zero-order valence-electron chi connectivity index (χ0n) is 20.1. The van der Waals surface area contributed by atoms with Crippen molar-refractivity contribution in [2.24, 2.45) is 0 Å². The molecule has 4 rings (SSSR count). The number of hydrogen-bond acceptors (Lipinski definition) is 8. The number of carbonyl (C=O) groups is 4. The zero-order valence-corrected chi connectivity index (χ0v) is 20.1. The van der Waals surface area contributed by atoms with E-state index in [2.05, 4.69) is 10.1 Å². The largest absolute Gasteiger partial charge is 0.469 e. The van der Waals surface area contributed by atoms with E-state index in [1.165, 1.54) is 29.2 Å². The van der Waals surface area contributed by atoms with E-state index in [1.54, 1.807) is 6.07 Å². The van der Waals surface area contributed by atoms with E-state index in [9.17, 15) is 19.2 Å². The van der Waals surface area contributed by atoms with Crippen molar-refractivity contribution in [2.45, 2.75) is 18.9 Å². The number of halogens is 2. The van der Waals surface area contributed by atoms with Crippen LogP contribution in [0.25, 0.3) is 0 Å². The number of nitrogens with one attached hydrogen (secondary N) is 1. The molecular formula is C24H26F2N4O7. The minimum absolute atomic E-state index is 0.00503. The van der Waals surface area contributed by atoms with E-state index >= 15 is 8.78 Å². The van der Waals surface area contributed by atoms with Gasteiger partial charge in [-0.05, 0) is 18.6 Å². The number of anilines is 2. The van der Waals surface area contributed by atoms with E-state index < -0.39 is 35.7 Å². The maximum absolute atomic E-state index is 15.0. The first-order valence-electron chi connectivity index (χ1n) is 11.6. The number of esters is 1. The van der Waals surface area contributed by atoms with Crippen LogP contribution in [-0.4, -0.2) is 81.3 Å². The summed E-state index contributed by atoms with van der Waals surface area (Å²) in [5, 5.41) is 2.48. The molecule has 2 aliphatic rings. The highest BCUT2D eigenvalue weighted by Gasteiger charge is 2.34. The zero-order chi connectivity index (χ0) is 26.5. The van der Waals surface area contributed by atoms with E-state index in [1.807, 2.05) is 0 Å². The molecule has 3 amide bonds. The lowest BCUT2D eigenvalue weighted by atomic mass is 10.1. The summed E-state index contributed by atoms with van der Waals surface area (Å²) >= 11 is 0. The Morgan fingerprint density at radius 2 is 1.84 bits per heavy atom. The van der Waals surface area contributed by atoms with Crippen LogP contribution < -0.4 is 15.1 Å². The fraction of sp³-hybridized carbons (Fsp3) is 0.417. The molecule has 0 spiro atoms. The fourth-order valence-electron chi connectivity index (χ4n) is 4.22. The molecule has 2 aromatic rings. The number of cyclic esters (lactones) is 1. The molecule has 13 heteroatoms. The van der Waals surface area contributed by atoms with Crippen molar-refractivity contribution >= 4 is 35.3 Å². The van der Waals surface area contributed by atoms with Crippen LogP contribution in [-0.2, 0) is 19.1 Å². The number of methoxy groups -OCH3 is 1. The third kappa shape index (κ3) is 5.98. The second-order valence-electron chi connectivity index (χ2n) is 8.52. The van der Waals surface area contributed by atoms with Gasteiger partial charge < -0.3 is 29.0 Å². The van der Waals surface area contributed by atoms with E-state index in [4.69, 9.17) is 9.15 Å². The maximum atomic E-state index is 15.0. The van der Waals surface area contributed by atoms with Crippen molar-refractivity contribution in [3.05, 3.63) is 47.9 Å². The minimum Gasteiger partial charge on any atom is -0.469 e. The maximum Gasteiger partial charge on any atom is 0.414 e. The first-order chi connectivity index (χ1) is 17.8. The van der Waals surface area contributed by atoms with Gasteiger partial charge in [0.25, 0.3) is 5.91 Å². The summed E-state index contributed by atoms with van der Waals surface area (Å²) in [4.78, 5) is 52.0. The van der Waals surface area contributed by atoms with Gasteiger partial charge >= 0.3 is 12.1 Å². The van der Waals surface area contributed by atoms with Crippen molar-refractivity contribution in [1.29, 1.82) is 0 Å². The Kier molecular flexibility index (Phi) is 7.89. The molecule has 1 aromatic heterocycles. The van der Waals surface area contributed by atoms with Gasteiger partial charge in [0.15, 0.2) is 17.4 Å². The molecule has 0 bridgehead atoms. The number of amides is 3. The second-order valence-corrected chi connectivity index (χ2v) is 8.52. The molecule has 0 saturated carbocycles. The summed E-state index contributed by atoms with van der Waals surface area (Å²) < 4.78 is 44.8. The molecule has 0 aliphatic carbocycles. The van der Waals surface area contributed by atoms with Gasteiger partial charge in [0.2, 0.25) is 5.91 Å². The molecule has 2 fully saturated rings. The number of hydrogen-bond donors (Lipinski definition) is 1. The van der Waals surface area contributed by atoms with Gasteiger partial charge in [-0.3, -0.25) is 19.3 Å². The number of benzene rings is 1. The van der Waals surface area contributed by atoms with E-state index in [0.29, 0.717) is 0 Å². The molecule has 0 unspecified atom stereocenters. The van der Waals surface area contributed by atoms with Crippen LogP contribution in [0.1, 0.15) is 23.4 Å². The Bertz CT molecular complexity index is 1140. The average molecular weight is 520 g/mol. The van der Waals surface area contributed by atoms with Crippen LogP contribution in [0.3, 0.4) is 0 Å². The number of rotatable bonds is 8. The first-order valence-corrected chi connectivity index (χ1v) is 11.6. The smallest absolute Gasteiger partial charge is 0.414 e. The Labute approximate surface area is 210 Å². The van der Waals surface area contributed by atoms with E-state index in [0.717, 1.165) is 17.0 Å². The monoisotopic (exact) mass is 520 g/mol. The van der Waals surface area contributed by atoms with Crippen LogP contribution in [0.15, 0.2) is 34.9 Å². The van der Waals surface area contributed by atoms with E-state index in [-0.39, 0.29) is 75.2 Å². The van der Waals surface area contributed by atoms with Crippen LogP contribution in [0, 0.1) is 11.6 Å². The number of carbonyl (C=O) groups excluding carboxylic acids is 4. The second kappa shape index (κ2) is 11.3. The SMILES string of the molecule is COC(=O)CC[C@H]1CN(c2cc(F)c(N3CCN(C(=O)CNC(=O)c4ccco4)CC3)c(F)c2)C(=O)O1. The number of furan rings is 1. The minimum atomic E-state index is -0.855. The lowest BCUT2D eigenvalue weighted by Gasteiger charge is -2.36. The molecule has 1 atom stereocenters. The highest BCUT2D eigenvalue weighted by atomic mass is 19.1. The van der Waals surface area contributed by atoms with Crippen LogP contribution >= 0.6 is 0 Å². The van der Waals surface area contributed by atoms with Gasteiger partial charge in [0.05, 0.1) is 32.1 Å². The van der Waals surface area contributed by atoms with Crippen molar-refractivity contribution in [3.8, 4) is 0 Å². The summed E-state index contributed by atoms with van der Waals surface area (Å²) in [5.74, 6) is -2.91. The fourth-order valence-corrected chi connectivity index (χ4v) is 4.22. The highest BCUT2D eigenvalue weighted by molar-refractivity contribution is 5.94. The molecule has 3 heterocycles. The number of nitrogens with zero attached hydrogens (tertiary/aromatic N) is 3. The lowest BCUT2D eigenvalue weighted by Crippen LogP contribution is -2.51. The Balaban J connectivity index is 1.32. The molecule has 1 N–H and O–H groups in total. The van der Waals surface area contributed by atoms with Crippen LogP contribution in [0.4, 0.5) is 25.0 Å². The molecule has 198 valence electrons. The normalized spacial score (nSPS) is 17.5. The Morgan fingerprint density at radius 3 is 2.46 bits per heavy atom. The summed E-state index contributed by atoms with van der Waals surface area (Å²) in [7, 11) is 1.25. The van der Waals surface area contributed by atoms with Gasteiger partial charge in [-0.15, -0.1) is 0 Å². The summed E-state index contributed by atoms with van der Waals surface area (Å²) in [6.45, 7) is 0.570. The molecule has 2 saturated heterocycles. The van der Waals surface area contributed by atoms with Gasteiger partial charge in [-0.1, -0.05) is 0 Å². The van der Waals surface area contributed by atoms with Crippen LogP contribution in [0.5, 0.6) is 0 Å². The molecule has 0 radical (unpaired) electrons. The quantitative estimate of drug-likeness (QED) is 0.524. The van der Waals surface area contributed by atoms with Gasteiger partial charge in [0.1, 0.15) is 11.8 Å². The summed E-state index contributed by atoms with van der Waals surface area (Å²) in [5.41, 5.74) is -0.248. The van der Waals surface area contributed by atoms with Gasteiger partial charge in [-0.2, -0.15) is 0 Å². The highest BCUT2D eigenvalue weighted by Crippen LogP contribution is 2.32. The number of ether oxygens (including phenoxy) is 2. The molecule has 37 heavy (non-hydrogen) atoms. The van der Waals surface area contributed by atoms with Crippen molar-refractivity contribution in [1.82, 2.24) is 10.2 Å². The third-order valence-electron chi connectivity index (χ3n) is 6.18. The third-order valence-corrected chi connectivity index (χ3v) is 6.18. The van der Waals surface area contributed by atoms with Crippen molar-refractivity contribution in [3.63, 3.8) is 0 Å². The Morgan fingerprint density at radius 1 is 1.14 bits per heavy atom. The molecule has 11 nitrogen and oxygen atoms in total. The topological polar surface area (TPSA) is 122 Å². The summed E-state index contributed by atoms with van der Waals surface area (Å²) in [6.07, 6.45) is 0.268. The average Bonchev–Trinajstić information content (AvgIpc) is 3.55. The summed E-state index contributed by atoms with van der Waals surface area (Å²) in [6, 6.07) is 5.15. The lowest BCUT2D eigenvalue weighted by molar-refractivity contribution is -0.141. The van der Waals surface area contributed by atoms with Gasteiger partial charge in [-0.25, -0.2) is 13.6 Å². The van der Waals surface area contributed by atoms with Crippen LogP contribution in [0.2, 0.25) is 0 Å². The molecule has 1 aromatic carbocycles. The molecular weight excluding hydrogens is 494 g/mol. The van der Waals surface area contributed by atoms with Crippen molar-refractivity contribution < 1.29 is 41.8 Å². The van der Waals surface area contributed by atoms with Gasteiger partial charge in [0, 0.05) is 44.7 Å². The standard InChI is InChI=1S/C24H26F2N4O7/c1-35-21(32)5-4-16-14-30(24(34)37-16)15-11-17(25)22(18(26)12-15)29-8-6-28(7-9-29)20(31)13-27-23(33)19-3-2-10-36-19/h2-3,10-12,16H,4-9,13-14H2,1H3,(H,27,33)/t16-/m0/s1. The predicted molar refractivity (Wildman–Crippen MR) is 125 cm³/mol. The predicted octanol–water partition coefficient (Wildman–Crippen LogP) is 1.91. The van der Waals surface area contributed by atoms with Crippen molar-refractivity contribution in [2.75, 3.05) is 56.2 Å². The molecule has 2 aliphatic heterocycles.